The fourth-order valence-electron chi connectivity index (χ4n) is 1.69. The number of nitrogens with two attached hydrogens (primary N) is 1. The van der Waals surface area contributed by atoms with E-state index >= 15 is 0 Å². The number of methoxy groups -OCH3 is 1. The molecule has 0 fully saturated rings. The molecule has 0 aliphatic heterocycles. The Morgan fingerprint density at radius 2 is 2.16 bits per heavy atom. The Hall–Kier alpha value is -2.50. The summed E-state index contributed by atoms with van der Waals surface area (Å²) in [6.45, 7) is 3.39. The molecule has 1 aromatic carbocycles. The smallest absolute Gasteiger partial charge is 0.293 e. The van der Waals surface area contributed by atoms with Crippen molar-refractivity contribution in [3.05, 3.63) is 35.5 Å². The van der Waals surface area contributed by atoms with E-state index in [0.717, 1.165) is 0 Å². The van der Waals surface area contributed by atoms with Crippen molar-refractivity contribution in [2.24, 2.45) is 0 Å². The van der Waals surface area contributed by atoms with Crippen LogP contribution in [0.1, 0.15) is 22.1 Å². The normalized spacial score (nSPS) is 10.3. The number of nitrogen functional groups attached to an aromatic ring is 1. The van der Waals surface area contributed by atoms with E-state index in [2.05, 4.69) is 10.3 Å². The lowest BCUT2D eigenvalue weighted by molar-refractivity contribution is 0.0994. The van der Waals surface area contributed by atoms with Gasteiger partial charge in [0.1, 0.15) is 5.75 Å². The van der Waals surface area contributed by atoms with Crippen molar-refractivity contribution in [3.8, 4) is 5.75 Å². The molecular weight excluding hydrogens is 246 g/mol. The molecule has 0 atom stereocenters. The van der Waals surface area contributed by atoms with Gasteiger partial charge in [0.25, 0.3) is 5.91 Å². The van der Waals surface area contributed by atoms with Crippen LogP contribution in [-0.4, -0.2) is 18.0 Å². The molecule has 6 nitrogen and oxygen atoms in total. The van der Waals surface area contributed by atoms with E-state index in [4.69, 9.17) is 14.9 Å². The van der Waals surface area contributed by atoms with Gasteiger partial charge in [0.2, 0.25) is 5.76 Å². The molecular formula is C13H15N3O3. The van der Waals surface area contributed by atoms with E-state index in [1.807, 2.05) is 0 Å². The number of nitrogens with zero attached hydrogens (tertiary/aromatic N) is 1. The number of rotatable bonds is 3. The number of hydrogen-bond donors (Lipinski definition) is 2. The van der Waals surface area contributed by atoms with Gasteiger partial charge < -0.3 is 20.2 Å². The Kier molecular flexibility index (Phi) is 3.41. The van der Waals surface area contributed by atoms with Gasteiger partial charge in [-0.15, -0.1) is 0 Å². The molecule has 2 rings (SSSR count). The minimum atomic E-state index is -0.391. The molecule has 1 heterocycles. The van der Waals surface area contributed by atoms with E-state index in [9.17, 15) is 4.79 Å². The van der Waals surface area contributed by atoms with Crippen LogP contribution in [0.2, 0.25) is 0 Å². The predicted molar refractivity (Wildman–Crippen MR) is 71.3 cm³/mol. The van der Waals surface area contributed by atoms with Crippen LogP contribution in [0.5, 0.6) is 5.75 Å². The van der Waals surface area contributed by atoms with Crippen molar-refractivity contribution in [2.45, 2.75) is 13.8 Å². The highest BCUT2D eigenvalue weighted by atomic mass is 16.5. The van der Waals surface area contributed by atoms with Crippen molar-refractivity contribution in [1.29, 1.82) is 0 Å². The Balaban J connectivity index is 2.26. The van der Waals surface area contributed by atoms with Gasteiger partial charge >= 0.3 is 0 Å². The second-order valence-electron chi connectivity index (χ2n) is 4.05. The third kappa shape index (κ3) is 2.67. The molecule has 0 saturated carbocycles. The minimum absolute atomic E-state index is 0.180. The van der Waals surface area contributed by atoms with Gasteiger partial charge in [0.05, 0.1) is 24.2 Å². The van der Waals surface area contributed by atoms with Crippen LogP contribution in [-0.2, 0) is 0 Å². The largest absolute Gasteiger partial charge is 0.497 e. The van der Waals surface area contributed by atoms with Crippen molar-refractivity contribution < 1.29 is 13.9 Å². The van der Waals surface area contributed by atoms with E-state index in [0.29, 0.717) is 28.7 Å². The summed E-state index contributed by atoms with van der Waals surface area (Å²) < 4.78 is 10.3. The maximum Gasteiger partial charge on any atom is 0.293 e. The van der Waals surface area contributed by atoms with E-state index in [1.54, 1.807) is 39.2 Å². The van der Waals surface area contributed by atoms with Crippen LogP contribution < -0.4 is 15.8 Å². The molecule has 0 saturated heterocycles. The third-order valence-electron chi connectivity index (χ3n) is 2.62. The highest BCUT2D eigenvalue weighted by molar-refractivity contribution is 6.04. The summed E-state index contributed by atoms with van der Waals surface area (Å²) in [6, 6.07) is 5.02. The molecule has 1 aromatic heterocycles. The number of carbonyl (C=O) groups excluding carboxylic acids is 1. The molecule has 0 radical (unpaired) electrons. The van der Waals surface area contributed by atoms with Gasteiger partial charge in [-0.3, -0.25) is 4.79 Å². The number of carbonyl (C=O) groups is 1. The second kappa shape index (κ2) is 5.01. The molecule has 0 unspecified atom stereocenters. The lowest BCUT2D eigenvalue weighted by Gasteiger charge is -2.09. The Morgan fingerprint density at radius 3 is 2.74 bits per heavy atom. The summed E-state index contributed by atoms with van der Waals surface area (Å²) in [7, 11) is 1.54. The first kappa shape index (κ1) is 12.9. The molecule has 100 valence electrons. The van der Waals surface area contributed by atoms with Crippen LogP contribution in [0.15, 0.2) is 22.6 Å². The molecule has 0 aliphatic rings. The number of aromatic nitrogens is 1. The van der Waals surface area contributed by atoms with E-state index < -0.39 is 5.91 Å². The lowest BCUT2D eigenvalue weighted by Crippen LogP contribution is -2.13. The Morgan fingerprint density at radius 1 is 1.42 bits per heavy atom. The summed E-state index contributed by atoms with van der Waals surface area (Å²) in [6.07, 6.45) is 0. The lowest BCUT2D eigenvalue weighted by atomic mass is 10.2. The average Bonchev–Trinajstić information content (AvgIpc) is 2.71. The monoisotopic (exact) mass is 261 g/mol. The van der Waals surface area contributed by atoms with Crippen LogP contribution in [0.25, 0.3) is 0 Å². The molecule has 19 heavy (non-hydrogen) atoms. The number of ether oxygens (including phenoxy) is 1. The Labute approximate surface area is 110 Å². The zero-order valence-corrected chi connectivity index (χ0v) is 11.0. The summed E-state index contributed by atoms with van der Waals surface area (Å²) in [4.78, 5) is 16.1. The summed E-state index contributed by atoms with van der Waals surface area (Å²) in [5.74, 6) is 0.842. The van der Waals surface area contributed by atoms with Gasteiger partial charge in [0, 0.05) is 13.0 Å². The fraction of sp³-hybridized carbons (Fsp3) is 0.231. The molecule has 0 aliphatic carbocycles. The SMILES string of the molecule is COc1ccc(N)c(NC(=O)c2oc(C)nc2C)c1. The number of anilines is 2. The van der Waals surface area contributed by atoms with Crippen LogP contribution in [0.3, 0.4) is 0 Å². The molecule has 1 amide bonds. The number of benzene rings is 1. The number of oxazole rings is 1. The number of hydrogen-bond acceptors (Lipinski definition) is 5. The minimum Gasteiger partial charge on any atom is -0.497 e. The van der Waals surface area contributed by atoms with Crippen LogP contribution in [0, 0.1) is 13.8 Å². The zero-order chi connectivity index (χ0) is 14.0. The topological polar surface area (TPSA) is 90.4 Å². The highest BCUT2D eigenvalue weighted by Crippen LogP contribution is 2.25. The van der Waals surface area contributed by atoms with Crippen molar-refractivity contribution in [3.63, 3.8) is 0 Å². The Bertz CT molecular complexity index is 620. The molecule has 0 spiro atoms. The molecule has 0 bridgehead atoms. The standard InChI is InChI=1S/C13H15N3O3/c1-7-12(19-8(2)15-7)13(17)16-11-6-9(18-3)4-5-10(11)14/h4-6H,14H2,1-3H3,(H,16,17). The number of aryl methyl sites for hydroxylation is 2. The van der Waals surface area contributed by atoms with Gasteiger partial charge in [-0.25, -0.2) is 4.98 Å². The first-order valence-electron chi connectivity index (χ1n) is 5.70. The first-order chi connectivity index (χ1) is 9.01. The van der Waals surface area contributed by atoms with Gasteiger partial charge in [-0.1, -0.05) is 0 Å². The van der Waals surface area contributed by atoms with Crippen LogP contribution in [0.4, 0.5) is 11.4 Å². The van der Waals surface area contributed by atoms with E-state index in [-0.39, 0.29) is 5.76 Å². The van der Waals surface area contributed by atoms with E-state index in [1.165, 1.54) is 0 Å². The average molecular weight is 261 g/mol. The molecule has 2 aromatic rings. The first-order valence-corrected chi connectivity index (χ1v) is 5.70. The maximum absolute atomic E-state index is 12.1. The quantitative estimate of drug-likeness (QED) is 0.826. The molecule has 3 N–H and O–H groups in total. The predicted octanol–water partition coefficient (Wildman–Crippen LogP) is 2.13. The highest BCUT2D eigenvalue weighted by Gasteiger charge is 2.17. The van der Waals surface area contributed by atoms with Gasteiger partial charge in [-0.05, 0) is 19.1 Å². The van der Waals surface area contributed by atoms with Crippen molar-refractivity contribution in [1.82, 2.24) is 4.98 Å². The zero-order valence-electron chi connectivity index (χ0n) is 11.0. The van der Waals surface area contributed by atoms with Gasteiger partial charge in [0.15, 0.2) is 5.89 Å². The summed E-state index contributed by atoms with van der Waals surface area (Å²) >= 11 is 0. The van der Waals surface area contributed by atoms with Crippen molar-refractivity contribution in [2.75, 3.05) is 18.2 Å². The summed E-state index contributed by atoms with van der Waals surface area (Å²) in [5.41, 5.74) is 7.25. The second-order valence-corrected chi connectivity index (χ2v) is 4.05. The van der Waals surface area contributed by atoms with Gasteiger partial charge in [-0.2, -0.15) is 0 Å². The number of nitrogens with one attached hydrogen (secondary N) is 1. The number of amides is 1. The van der Waals surface area contributed by atoms with Crippen LogP contribution >= 0.6 is 0 Å². The third-order valence-corrected chi connectivity index (χ3v) is 2.62. The molecule has 6 heteroatoms. The maximum atomic E-state index is 12.1. The summed E-state index contributed by atoms with van der Waals surface area (Å²) in [5, 5.41) is 2.68. The fourth-order valence-corrected chi connectivity index (χ4v) is 1.69. The van der Waals surface area contributed by atoms with Crippen molar-refractivity contribution >= 4 is 17.3 Å².